The van der Waals surface area contributed by atoms with E-state index in [0.717, 1.165) is 37.6 Å². The molecule has 0 bridgehead atoms. The maximum absolute atomic E-state index is 12.4. The van der Waals surface area contributed by atoms with Crippen LogP contribution in [0.5, 0.6) is 0 Å². The average molecular weight is 370 g/mol. The molecule has 136 valence electrons. The lowest BCUT2D eigenvalue weighted by Crippen LogP contribution is -2.36. The molecule has 1 aliphatic rings. The molecule has 0 aliphatic carbocycles. The molecule has 3 aromatic rings. The quantitative estimate of drug-likeness (QED) is 0.724. The minimum absolute atomic E-state index is 0.103. The van der Waals surface area contributed by atoms with Crippen molar-refractivity contribution in [1.82, 2.24) is 19.8 Å². The average Bonchev–Trinajstić information content (AvgIpc) is 3.38. The van der Waals surface area contributed by atoms with Crippen molar-refractivity contribution in [2.24, 2.45) is 0 Å². The van der Waals surface area contributed by atoms with Crippen LogP contribution in [0.3, 0.4) is 0 Å². The molecule has 0 saturated carbocycles. The Morgan fingerprint density at radius 2 is 2.31 bits per heavy atom. The molecule has 7 heteroatoms. The number of fused-ring (bicyclic) bond motifs is 1. The summed E-state index contributed by atoms with van der Waals surface area (Å²) >= 11 is 1.71. The summed E-state index contributed by atoms with van der Waals surface area (Å²) in [5.74, 6) is 1.78. The third-order valence-corrected chi connectivity index (χ3v) is 5.70. The van der Waals surface area contributed by atoms with Gasteiger partial charge in [0.25, 0.3) is 5.91 Å². The number of nitrogens with one attached hydrogen (secondary N) is 1. The van der Waals surface area contributed by atoms with E-state index in [9.17, 15) is 4.79 Å². The summed E-state index contributed by atoms with van der Waals surface area (Å²) in [5, 5.41) is 5.02. The van der Waals surface area contributed by atoms with Crippen LogP contribution in [0.4, 0.5) is 0 Å². The minimum Gasteiger partial charge on any atom is -0.468 e. The van der Waals surface area contributed by atoms with Gasteiger partial charge in [-0.3, -0.25) is 9.69 Å². The van der Waals surface area contributed by atoms with E-state index < -0.39 is 0 Å². The van der Waals surface area contributed by atoms with E-state index in [1.807, 2.05) is 24.4 Å². The maximum Gasteiger partial charge on any atom is 0.271 e. The molecule has 1 atom stereocenters. The number of carbonyl (C=O) groups excluding carboxylic acids is 1. The highest BCUT2D eigenvalue weighted by molar-refractivity contribution is 7.09. The van der Waals surface area contributed by atoms with E-state index in [4.69, 9.17) is 4.42 Å². The standard InChI is InChI=1S/C19H22N4O2S/c1-14-18-21-17(19(24)20-7-6-16-5-3-11-26-16)13-23(18)9-8-22(14)12-15-4-2-10-25-15/h2-5,10-11,13-14H,6-9,12H2,1H3,(H,20,24). The molecular weight excluding hydrogens is 348 g/mol. The zero-order valence-electron chi connectivity index (χ0n) is 14.7. The smallest absolute Gasteiger partial charge is 0.271 e. The van der Waals surface area contributed by atoms with Crippen LogP contribution < -0.4 is 5.32 Å². The van der Waals surface area contributed by atoms with Gasteiger partial charge in [0.15, 0.2) is 0 Å². The van der Waals surface area contributed by atoms with Crippen molar-refractivity contribution < 1.29 is 9.21 Å². The normalized spacial score (nSPS) is 17.2. The molecular formula is C19H22N4O2S. The Hall–Kier alpha value is -2.38. The number of aromatic nitrogens is 2. The Labute approximate surface area is 156 Å². The first kappa shape index (κ1) is 17.1. The molecule has 1 N–H and O–H groups in total. The zero-order valence-corrected chi connectivity index (χ0v) is 15.5. The third kappa shape index (κ3) is 3.59. The molecule has 1 amide bonds. The van der Waals surface area contributed by atoms with Crippen LogP contribution in [0.15, 0.2) is 46.5 Å². The SMILES string of the molecule is CC1c2nc(C(=O)NCCc3cccs3)cn2CCN1Cc1ccco1. The Balaban J connectivity index is 1.39. The molecule has 0 aromatic carbocycles. The summed E-state index contributed by atoms with van der Waals surface area (Å²) in [7, 11) is 0. The van der Waals surface area contributed by atoms with Crippen LogP contribution in [-0.2, 0) is 19.5 Å². The Morgan fingerprint density at radius 1 is 1.38 bits per heavy atom. The summed E-state index contributed by atoms with van der Waals surface area (Å²) in [5.41, 5.74) is 0.498. The molecule has 3 aromatic heterocycles. The van der Waals surface area contributed by atoms with Gasteiger partial charge < -0.3 is 14.3 Å². The van der Waals surface area contributed by atoms with Crippen molar-refractivity contribution in [2.45, 2.75) is 32.5 Å². The second-order valence-electron chi connectivity index (χ2n) is 6.49. The number of thiophene rings is 1. The fourth-order valence-electron chi connectivity index (χ4n) is 3.31. The number of amides is 1. The van der Waals surface area contributed by atoms with E-state index in [-0.39, 0.29) is 11.9 Å². The number of imidazole rings is 1. The molecule has 0 radical (unpaired) electrons. The summed E-state index contributed by atoms with van der Waals surface area (Å²) in [6.45, 7) is 5.24. The highest BCUT2D eigenvalue weighted by atomic mass is 32.1. The molecule has 26 heavy (non-hydrogen) atoms. The molecule has 4 rings (SSSR count). The van der Waals surface area contributed by atoms with Gasteiger partial charge in [0, 0.05) is 30.7 Å². The summed E-state index contributed by atoms with van der Waals surface area (Å²) in [6, 6.07) is 8.15. The van der Waals surface area contributed by atoms with Crippen LogP contribution in [0.25, 0.3) is 0 Å². The summed E-state index contributed by atoms with van der Waals surface area (Å²) in [6.07, 6.45) is 4.42. The molecule has 6 nitrogen and oxygen atoms in total. The topological polar surface area (TPSA) is 63.3 Å². The lowest BCUT2D eigenvalue weighted by molar-refractivity contribution is 0.0949. The predicted molar refractivity (Wildman–Crippen MR) is 100 cm³/mol. The summed E-state index contributed by atoms with van der Waals surface area (Å²) in [4.78, 5) is 20.6. The lowest BCUT2D eigenvalue weighted by Gasteiger charge is -2.32. The molecule has 1 aliphatic heterocycles. The number of hydrogen-bond donors (Lipinski definition) is 1. The largest absolute Gasteiger partial charge is 0.468 e. The van der Waals surface area contributed by atoms with Gasteiger partial charge in [0.2, 0.25) is 0 Å². The molecule has 0 fully saturated rings. The van der Waals surface area contributed by atoms with Crippen LogP contribution in [0.1, 0.15) is 39.9 Å². The van der Waals surface area contributed by atoms with Gasteiger partial charge >= 0.3 is 0 Å². The Bertz CT molecular complexity index is 854. The second-order valence-corrected chi connectivity index (χ2v) is 7.52. The van der Waals surface area contributed by atoms with Crippen molar-refractivity contribution in [3.05, 3.63) is 64.3 Å². The number of rotatable bonds is 6. The van der Waals surface area contributed by atoms with E-state index >= 15 is 0 Å². The van der Waals surface area contributed by atoms with Crippen molar-refractivity contribution in [3.8, 4) is 0 Å². The number of furan rings is 1. The monoisotopic (exact) mass is 370 g/mol. The van der Waals surface area contributed by atoms with Crippen molar-refractivity contribution >= 4 is 17.2 Å². The van der Waals surface area contributed by atoms with Crippen molar-refractivity contribution in [1.29, 1.82) is 0 Å². The maximum atomic E-state index is 12.4. The van der Waals surface area contributed by atoms with Gasteiger partial charge in [0.05, 0.1) is 18.8 Å². The molecule has 0 saturated heterocycles. The molecule has 1 unspecified atom stereocenters. The van der Waals surface area contributed by atoms with Crippen LogP contribution in [0, 0.1) is 0 Å². The zero-order chi connectivity index (χ0) is 17.9. The van der Waals surface area contributed by atoms with Crippen LogP contribution in [-0.4, -0.2) is 33.4 Å². The Kier molecular flexibility index (Phi) is 4.90. The highest BCUT2D eigenvalue weighted by Gasteiger charge is 2.28. The van der Waals surface area contributed by atoms with Gasteiger partial charge in [-0.1, -0.05) is 6.07 Å². The van der Waals surface area contributed by atoms with E-state index in [1.165, 1.54) is 4.88 Å². The van der Waals surface area contributed by atoms with E-state index in [2.05, 4.69) is 38.1 Å². The first-order chi connectivity index (χ1) is 12.7. The fraction of sp³-hybridized carbons (Fsp3) is 0.368. The fourth-order valence-corrected chi connectivity index (χ4v) is 4.02. The minimum atomic E-state index is -0.103. The van der Waals surface area contributed by atoms with Gasteiger partial charge in [-0.15, -0.1) is 11.3 Å². The van der Waals surface area contributed by atoms with E-state index in [1.54, 1.807) is 17.6 Å². The second kappa shape index (κ2) is 7.47. The van der Waals surface area contributed by atoms with Gasteiger partial charge in [-0.2, -0.15) is 0 Å². The lowest BCUT2D eigenvalue weighted by atomic mass is 10.2. The van der Waals surface area contributed by atoms with Crippen molar-refractivity contribution in [2.75, 3.05) is 13.1 Å². The molecule has 0 spiro atoms. The number of nitrogens with zero attached hydrogens (tertiary/aromatic N) is 3. The predicted octanol–water partition coefficient (Wildman–Crippen LogP) is 3.09. The first-order valence-electron chi connectivity index (χ1n) is 8.85. The van der Waals surface area contributed by atoms with E-state index in [0.29, 0.717) is 12.2 Å². The third-order valence-electron chi connectivity index (χ3n) is 4.77. The van der Waals surface area contributed by atoms with Gasteiger partial charge in [0.1, 0.15) is 17.3 Å². The van der Waals surface area contributed by atoms with Crippen LogP contribution >= 0.6 is 11.3 Å². The molecule has 4 heterocycles. The highest BCUT2D eigenvalue weighted by Crippen LogP contribution is 2.26. The number of hydrogen-bond acceptors (Lipinski definition) is 5. The Morgan fingerprint density at radius 3 is 3.08 bits per heavy atom. The number of carbonyl (C=O) groups is 1. The van der Waals surface area contributed by atoms with Crippen LogP contribution in [0.2, 0.25) is 0 Å². The first-order valence-corrected chi connectivity index (χ1v) is 9.73. The van der Waals surface area contributed by atoms with Gasteiger partial charge in [-0.25, -0.2) is 4.98 Å². The summed E-state index contributed by atoms with van der Waals surface area (Å²) < 4.78 is 7.55. The van der Waals surface area contributed by atoms with Gasteiger partial charge in [-0.05, 0) is 36.9 Å². The van der Waals surface area contributed by atoms with Crippen molar-refractivity contribution in [3.63, 3.8) is 0 Å².